The van der Waals surface area contributed by atoms with Crippen molar-refractivity contribution in [2.45, 2.75) is 26.3 Å². The van der Waals surface area contributed by atoms with E-state index in [4.69, 9.17) is 4.74 Å². The molecule has 17 heavy (non-hydrogen) atoms. The van der Waals surface area contributed by atoms with Crippen LogP contribution in [0.5, 0.6) is 5.88 Å². The average molecular weight is 239 g/mol. The first-order valence-electron chi connectivity index (χ1n) is 4.88. The van der Waals surface area contributed by atoms with Gasteiger partial charge in [-0.25, -0.2) is 9.78 Å². The molecule has 1 aromatic rings. The third-order valence-corrected chi connectivity index (χ3v) is 1.61. The molecule has 0 unspecified atom stereocenters. The van der Waals surface area contributed by atoms with Gasteiger partial charge in [0.25, 0.3) is 5.69 Å². The number of carbonyl (C=O) groups excluding carboxylic acids is 1. The highest BCUT2D eigenvalue weighted by Crippen LogP contribution is 2.13. The number of carbonyl (C=O) groups is 1. The first-order chi connectivity index (χ1) is 7.78. The molecule has 92 valence electrons. The van der Waals surface area contributed by atoms with Crippen LogP contribution in [0.15, 0.2) is 18.3 Å². The van der Waals surface area contributed by atoms with Crippen molar-refractivity contribution in [2.24, 2.45) is 0 Å². The Morgan fingerprint density at radius 1 is 1.47 bits per heavy atom. The molecule has 1 heterocycles. The number of pyridine rings is 1. The van der Waals surface area contributed by atoms with Crippen molar-refractivity contribution in [2.75, 3.05) is 0 Å². The first-order valence-corrected chi connectivity index (χ1v) is 4.88. The van der Waals surface area contributed by atoms with E-state index in [9.17, 15) is 14.9 Å². The third-order valence-electron chi connectivity index (χ3n) is 1.61. The Balaban J connectivity index is 2.64. The van der Waals surface area contributed by atoms with Gasteiger partial charge in [0.2, 0.25) is 5.88 Å². The molecule has 1 amide bonds. The topological polar surface area (TPSA) is 94.4 Å². The number of ether oxygens (including phenoxy) is 1. The van der Waals surface area contributed by atoms with Crippen LogP contribution in [0.4, 0.5) is 10.5 Å². The molecule has 1 aromatic heterocycles. The fraction of sp³-hybridized carbons (Fsp3) is 0.400. The number of nitrogens with zero attached hydrogens (tertiary/aromatic N) is 2. The van der Waals surface area contributed by atoms with Crippen molar-refractivity contribution in [3.8, 4) is 5.88 Å². The summed E-state index contributed by atoms with van der Waals surface area (Å²) in [6.45, 7) is 5.41. The number of aromatic nitrogens is 1. The Hall–Kier alpha value is -2.18. The second-order valence-electron chi connectivity index (χ2n) is 4.38. The molecule has 0 fully saturated rings. The summed E-state index contributed by atoms with van der Waals surface area (Å²) in [6, 6.07) is 2.48. The monoisotopic (exact) mass is 239 g/mol. The summed E-state index contributed by atoms with van der Waals surface area (Å²) >= 11 is 0. The SMILES string of the molecule is CC(C)(C)NC(=O)Oc1ccc([N+](=O)[O-])cn1. The maximum absolute atomic E-state index is 11.3. The van der Waals surface area contributed by atoms with E-state index in [0.29, 0.717) is 0 Å². The lowest BCUT2D eigenvalue weighted by Gasteiger charge is -2.19. The van der Waals surface area contributed by atoms with Crippen molar-refractivity contribution in [3.63, 3.8) is 0 Å². The molecule has 0 bridgehead atoms. The highest BCUT2D eigenvalue weighted by molar-refractivity contribution is 5.70. The number of nitro groups is 1. The second-order valence-corrected chi connectivity index (χ2v) is 4.38. The van der Waals surface area contributed by atoms with Crippen molar-refractivity contribution in [1.82, 2.24) is 10.3 Å². The van der Waals surface area contributed by atoms with Gasteiger partial charge in [-0.05, 0) is 20.8 Å². The summed E-state index contributed by atoms with van der Waals surface area (Å²) in [7, 11) is 0. The second kappa shape index (κ2) is 4.77. The van der Waals surface area contributed by atoms with E-state index < -0.39 is 16.6 Å². The number of nitrogens with one attached hydrogen (secondary N) is 1. The standard InChI is InChI=1S/C10H13N3O4/c1-10(2,3)12-9(14)17-8-5-4-7(6-11-8)13(15)16/h4-6H,1-3H3,(H,12,14). The summed E-state index contributed by atoms with van der Waals surface area (Å²) in [5, 5.41) is 12.9. The van der Waals surface area contributed by atoms with Gasteiger partial charge in [0.05, 0.1) is 4.92 Å². The van der Waals surface area contributed by atoms with E-state index in [0.717, 1.165) is 6.20 Å². The van der Waals surface area contributed by atoms with Crippen LogP contribution in [0.1, 0.15) is 20.8 Å². The zero-order valence-electron chi connectivity index (χ0n) is 9.76. The Kier molecular flexibility index (Phi) is 3.62. The number of amides is 1. The van der Waals surface area contributed by atoms with Crippen LogP contribution in [0.2, 0.25) is 0 Å². The maximum Gasteiger partial charge on any atom is 0.414 e. The quantitative estimate of drug-likeness (QED) is 0.628. The predicted molar refractivity (Wildman–Crippen MR) is 59.8 cm³/mol. The fourth-order valence-electron chi connectivity index (χ4n) is 0.968. The van der Waals surface area contributed by atoms with Gasteiger partial charge in [-0.2, -0.15) is 0 Å². The van der Waals surface area contributed by atoms with E-state index in [1.165, 1.54) is 12.1 Å². The molecule has 0 aliphatic carbocycles. The zero-order valence-corrected chi connectivity index (χ0v) is 9.76. The van der Waals surface area contributed by atoms with Crippen LogP contribution < -0.4 is 10.1 Å². The zero-order chi connectivity index (χ0) is 13.1. The highest BCUT2D eigenvalue weighted by atomic mass is 16.6. The summed E-state index contributed by atoms with van der Waals surface area (Å²) < 4.78 is 4.84. The van der Waals surface area contributed by atoms with Crippen molar-refractivity contribution >= 4 is 11.8 Å². The lowest BCUT2D eigenvalue weighted by molar-refractivity contribution is -0.385. The molecule has 0 aromatic carbocycles. The minimum atomic E-state index is -0.654. The van der Waals surface area contributed by atoms with Gasteiger partial charge < -0.3 is 10.1 Å². The number of hydrogen-bond donors (Lipinski definition) is 1. The first kappa shape index (κ1) is 12.9. The molecular formula is C10H13N3O4. The molecule has 7 nitrogen and oxygen atoms in total. The highest BCUT2D eigenvalue weighted by Gasteiger charge is 2.16. The molecule has 0 atom stereocenters. The summed E-state index contributed by atoms with van der Waals surface area (Å²) in [5.41, 5.74) is -0.578. The minimum Gasteiger partial charge on any atom is -0.391 e. The van der Waals surface area contributed by atoms with Gasteiger partial charge in [-0.3, -0.25) is 10.1 Å². The fourth-order valence-corrected chi connectivity index (χ4v) is 0.968. The summed E-state index contributed by atoms with van der Waals surface area (Å²) in [6.07, 6.45) is 0.374. The van der Waals surface area contributed by atoms with E-state index in [1.54, 1.807) is 20.8 Å². The molecule has 1 rings (SSSR count). The Labute approximate surface area is 98.0 Å². The van der Waals surface area contributed by atoms with E-state index in [-0.39, 0.29) is 11.6 Å². The molecule has 0 aliphatic rings. The molecule has 1 N–H and O–H groups in total. The summed E-state index contributed by atoms with van der Waals surface area (Å²) in [4.78, 5) is 24.8. The molecule has 0 aliphatic heterocycles. The molecule has 0 saturated heterocycles. The van der Waals surface area contributed by atoms with Gasteiger partial charge in [0.15, 0.2) is 0 Å². The van der Waals surface area contributed by atoms with E-state index in [1.807, 2.05) is 0 Å². The van der Waals surface area contributed by atoms with E-state index in [2.05, 4.69) is 10.3 Å². The smallest absolute Gasteiger partial charge is 0.391 e. The minimum absolute atomic E-state index is 0.0114. The third kappa shape index (κ3) is 4.45. The van der Waals surface area contributed by atoms with Crippen LogP contribution in [0.3, 0.4) is 0 Å². The van der Waals surface area contributed by atoms with Gasteiger partial charge in [-0.1, -0.05) is 0 Å². The van der Waals surface area contributed by atoms with Gasteiger partial charge >= 0.3 is 6.09 Å². The van der Waals surface area contributed by atoms with Crippen LogP contribution in [-0.2, 0) is 0 Å². The Morgan fingerprint density at radius 2 is 2.12 bits per heavy atom. The molecular weight excluding hydrogens is 226 g/mol. The summed E-state index contributed by atoms with van der Waals surface area (Å²) in [5.74, 6) is 0.0114. The van der Waals surface area contributed by atoms with Gasteiger partial charge in [-0.15, -0.1) is 0 Å². The Morgan fingerprint density at radius 3 is 2.53 bits per heavy atom. The van der Waals surface area contributed by atoms with E-state index >= 15 is 0 Å². The van der Waals surface area contributed by atoms with Crippen LogP contribution in [0, 0.1) is 10.1 Å². The van der Waals surface area contributed by atoms with Crippen molar-refractivity contribution in [3.05, 3.63) is 28.4 Å². The molecule has 0 saturated carbocycles. The largest absolute Gasteiger partial charge is 0.414 e. The lowest BCUT2D eigenvalue weighted by Crippen LogP contribution is -2.42. The Bertz CT molecular complexity index is 422. The van der Waals surface area contributed by atoms with Crippen LogP contribution in [-0.4, -0.2) is 21.5 Å². The normalized spacial score (nSPS) is 10.8. The van der Waals surface area contributed by atoms with Crippen molar-refractivity contribution in [1.29, 1.82) is 0 Å². The molecule has 0 radical (unpaired) electrons. The van der Waals surface area contributed by atoms with Gasteiger partial charge in [0.1, 0.15) is 6.20 Å². The van der Waals surface area contributed by atoms with Gasteiger partial charge in [0, 0.05) is 17.7 Å². The lowest BCUT2D eigenvalue weighted by atomic mass is 10.1. The van der Waals surface area contributed by atoms with Crippen LogP contribution >= 0.6 is 0 Å². The number of hydrogen-bond acceptors (Lipinski definition) is 5. The van der Waals surface area contributed by atoms with Crippen LogP contribution in [0.25, 0.3) is 0 Å². The van der Waals surface area contributed by atoms with Crippen molar-refractivity contribution < 1.29 is 14.5 Å². The predicted octanol–water partition coefficient (Wildman–Crippen LogP) is 1.88. The molecule has 7 heteroatoms. The average Bonchev–Trinajstić information content (AvgIpc) is 2.15. The maximum atomic E-state index is 11.3. The number of rotatable bonds is 2. The molecule has 0 spiro atoms.